The minimum atomic E-state index is -0.291. The highest BCUT2D eigenvalue weighted by Gasteiger charge is 2.12. The Morgan fingerprint density at radius 3 is 2.71 bits per heavy atom. The normalized spacial score (nSPS) is 10.5. The summed E-state index contributed by atoms with van der Waals surface area (Å²) in [6.07, 6.45) is 1.66. The predicted molar refractivity (Wildman–Crippen MR) is 65.6 cm³/mol. The quantitative estimate of drug-likeness (QED) is 0.743. The van der Waals surface area contributed by atoms with Gasteiger partial charge in [-0.2, -0.15) is 0 Å². The molecule has 0 fully saturated rings. The molecule has 2 rings (SSSR count). The first kappa shape index (κ1) is 11.6. The van der Waals surface area contributed by atoms with Crippen molar-refractivity contribution in [1.29, 1.82) is 0 Å². The number of hydrogen-bond donors (Lipinski definition) is 0. The van der Waals surface area contributed by atoms with Gasteiger partial charge in [0, 0.05) is 18.3 Å². The molecular formula is C14H14FNO. The van der Waals surface area contributed by atoms with Gasteiger partial charge in [-0.25, -0.2) is 4.39 Å². The van der Waals surface area contributed by atoms with Crippen LogP contribution in [0.4, 0.5) is 4.39 Å². The molecule has 0 bridgehead atoms. The zero-order chi connectivity index (χ0) is 12.4. The van der Waals surface area contributed by atoms with E-state index in [4.69, 9.17) is 0 Å². The predicted octanol–water partition coefficient (Wildman–Crippen LogP) is 3.21. The first-order valence-corrected chi connectivity index (χ1v) is 5.57. The maximum absolute atomic E-state index is 13.2. The third-order valence-corrected chi connectivity index (χ3v) is 2.99. The molecule has 0 spiro atoms. The van der Waals surface area contributed by atoms with Crippen LogP contribution in [0.15, 0.2) is 30.3 Å². The molecule has 3 heteroatoms. The van der Waals surface area contributed by atoms with Gasteiger partial charge in [0.25, 0.3) is 0 Å². The van der Waals surface area contributed by atoms with E-state index in [0.29, 0.717) is 5.69 Å². The Morgan fingerprint density at radius 1 is 1.35 bits per heavy atom. The third kappa shape index (κ3) is 2.00. The molecule has 0 unspecified atom stereocenters. The van der Waals surface area contributed by atoms with Gasteiger partial charge in [0.05, 0.1) is 5.69 Å². The molecule has 1 aromatic carbocycles. The van der Waals surface area contributed by atoms with E-state index >= 15 is 0 Å². The standard InChI is InChI=1S/C14H14FNO/c1-3-12-8-13(14(9-17)16(12)2)10-5-4-6-11(15)7-10/h4-9H,3H2,1-2H3. The van der Waals surface area contributed by atoms with Crippen molar-refractivity contribution in [2.45, 2.75) is 13.3 Å². The number of rotatable bonds is 3. The SMILES string of the molecule is CCc1cc(-c2cccc(F)c2)c(C=O)n1C. The van der Waals surface area contributed by atoms with E-state index in [-0.39, 0.29) is 5.82 Å². The largest absolute Gasteiger partial charge is 0.345 e. The van der Waals surface area contributed by atoms with Gasteiger partial charge in [0.2, 0.25) is 0 Å². The molecule has 1 heterocycles. The van der Waals surface area contributed by atoms with Gasteiger partial charge in [0.15, 0.2) is 6.29 Å². The van der Waals surface area contributed by atoms with Gasteiger partial charge in [0.1, 0.15) is 5.82 Å². The Hall–Kier alpha value is -1.90. The zero-order valence-corrected chi connectivity index (χ0v) is 9.90. The van der Waals surface area contributed by atoms with Crippen LogP contribution in [0.5, 0.6) is 0 Å². The second-order valence-electron chi connectivity index (χ2n) is 3.98. The van der Waals surface area contributed by atoms with Gasteiger partial charge >= 0.3 is 0 Å². The molecule has 0 saturated heterocycles. The lowest BCUT2D eigenvalue weighted by Crippen LogP contribution is -1.99. The van der Waals surface area contributed by atoms with Crippen molar-refractivity contribution in [3.8, 4) is 11.1 Å². The minimum Gasteiger partial charge on any atom is -0.345 e. The molecule has 0 aliphatic rings. The number of carbonyl (C=O) groups excluding carboxylic acids is 1. The summed E-state index contributed by atoms with van der Waals surface area (Å²) in [4.78, 5) is 11.1. The number of benzene rings is 1. The number of carbonyl (C=O) groups is 1. The van der Waals surface area contributed by atoms with Crippen LogP contribution >= 0.6 is 0 Å². The van der Waals surface area contributed by atoms with Crippen LogP contribution < -0.4 is 0 Å². The molecule has 0 amide bonds. The average Bonchev–Trinajstić information content (AvgIpc) is 2.65. The number of halogens is 1. The Balaban J connectivity index is 2.62. The molecule has 0 saturated carbocycles. The molecule has 0 aliphatic heterocycles. The monoisotopic (exact) mass is 231 g/mol. The van der Waals surface area contributed by atoms with Gasteiger partial charge in [-0.05, 0) is 30.2 Å². The number of hydrogen-bond acceptors (Lipinski definition) is 1. The Morgan fingerprint density at radius 2 is 2.12 bits per heavy atom. The van der Waals surface area contributed by atoms with Crippen LogP contribution in [0.3, 0.4) is 0 Å². The Kier molecular flexibility index (Phi) is 3.09. The van der Waals surface area contributed by atoms with E-state index in [1.165, 1.54) is 12.1 Å². The average molecular weight is 231 g/mol. The first-order valence-electron chi connectivity index (χ1n) is 5.57. The summed E-state index contributed by atoms with van der Waals surface area (Å²) >= 11 is 0. The van der Waals surface area contributed by atoms with Gasteiger partial charge in [-0.1, -0.05) is 19.1 Å². The van der Waals surface area contributed by atoms with Gasteiger partial charge in [-0.15, -0.1) is 0 Å². The Labute approximate surface area is 99.7 Å². The minimum absolute atomic E-state index is 0.291. The highest BCUT2D eigenvalue weighted by Crippen LogP contribution is 2.26. The fraction of sp³-hybridized carbons (Fsp3) is 0.214. The second kappa shape index (κ2) is 4.53. The summed E-state index contributed by atoms with van der Waals surface area (Å²) in [6, 6.07) is 8.25. The lowest BCUT2D eigenvalue weighted by Gasteiger charge is -2.02. The van der Waals surface area contributed by atoms with Crippen molar-refractivity contribution in [3.05, 3.63) is 47.5 Å². The smallest absolute Gasteiger partial charge is 0.167 e. The fourth-order valence-electron chi connectivity index (χ4n) is 2.04. The third-order valence-electron chi connectivity index (χ3n) is 2.99. The highest BCUT2D eigenvalue weighted by atomic mass is 19.1. The summed E-state index contributed by atoms with van der Waals surface area (Å²) in [5.41, 5.74) is 3.18. The van der Waals surface area contributed by atoms with E-state index in [2.05, 4.69) is 0 Å². The van der Waals surface area contributed by atoms with E-state index in [9.17, 15) is 9.18 Å². The molecule has 1 aromatic heterocycles. The first-order chi connectivity index (χ1) is 8.17. The second-order valence-corrected chi connectivity index (χ2v) is 3.98. The van der Waals surface area contributed by atoms with E-state index in [0.717, 1.165) is 29.5 Å². The summed E-state index contributed by atoms with van der Waals surface area (Å²) in [5, 5.41) is 0. The highest BCUT2D eigenvalue weighted by molar-refractivity contribution is 5.86. The van der Waals surface area contributed by atoms with Crippen LogP contribution in [0, 0.1) is 5.82 Å². The summed E-state index contributed by atoms with van der Waals surface area (Å²) in [7, 11) is 1.85. The maximum atomic E-state index is 13.2. The van der Waals surface area contributed by atoms with Crippen LogP contribution in [0.25, 0.3) is 11.1 Å². The molecule has 88 valence electrons. The van der Waals surface area contributed by atoms with Crippen molar-refractivity contribution < 1.29 is 9.18 Å². The molecule has 0 atom stereocenters. The van der Waals surface area contributed by atoms with Crippen LogP contribution in [0.1, 0.15) is 23.1 Å². The summed E-state index contributed by atoms with van der Waals surface area (Å²) in [5.74, 6) is -0.291. The van der Waals surface area contributed by atoms with Gasteiger partial charge in [-0.3, -0.25) is 4.79 Å². The number of aldehydes is 1. The van der Waals surface area contributed by atoms with Crippen molar-refractivity contribution in [3.63, 3.8) is 0 Å². The van der Waals surface area contributed by atoms with Gasteiger partial charge < -0.3 is 4.57 Å². The van der Waals surface area contributed by atoms with E-state index < -0.39 is 0 Å². The zero-order valence-electron chi connectivity index (χ0n) is 9.90. The molecule has 2 aromatic rings. The topological polar surface area (TPSA) is 22.0 Å². The molecule has 17 heavy (non-hydrogen) atoms. The van der Waals surface area contributed by atoms with Crippen molar-refractivity contribution in [2.24, 2.45) is 7.05 Å². The molecule has 0 aliphatic carbocycles. The van der Waals surface area contributed by atoms with Crippen LogP contribution in [-0.4, -0.2) is 10.9 Å². The molecule has 0 radical (unpaired) electrons. The molecule has 2 nitrogen and oxygen atoms in total. The maximum Gasteiger partial charge on any atom is 0.167 e. The van der Waals surface area contributed by atoms with Crippen molar-refractivity contribution >= 4 is 6.29 Å². The fourth-order valence-corrected chi connectivity index (χ4v) is 2.04. The number of aryl methyl sites for hydroxylation is 1. The molecular weight excluding hydrogens is 217 g/mol. The van der Waals surface area contributed by atoms with E-state index in [1.54, 1.807) is 6.07 Å². The molecule has 0 N–H and O–H groups in total. The lowest BCUT2D eigenvalue weighted by molar-refractivity contribution is 0.111. The lowest BCUT2D eigenvalue weighted by atomic mass is 10.1. The number of aromatic nitrogens is 1. The summed E-state index contributed by atoms with van der Waals surface area (Å²) < 4.78 is 15.0. The Bertz CT molecular complexity index is 557. The number of nitrogens with zero attached hydrogens (tertiary/aromatic N) is 1. The summed E-state index contributed by atoms with van der Waals surface area (Å²) in [6.45, 7) is 2.03. The van der Waals surface area contributed by atoms with Crippen LogP contribution in [-0.2, 0) is 13.5 Å². The van der Waals surface area contributed by atoms with Crippen LogP contribution in [0.2, 0.25) is 0 Å². The van der Waals surface area contributed by atoms with Crippen molar-refractivity contribution in [1.82, 2.24) is 4.57 Å². The van der Waals surface area contributed by atoms with E-state index in [1.807, 2.05) is 30.7 Å². The van der Waals surface area contributed by atoms with Crippen molar-refractivity contribution in [2.75, 3.05) is 0 Å².